The molecule has 0 aliphatic heterocycles. The van der Waals surface area contributed by atoms with Crippen molar-refractivity contribution in [1.82, 2.24) is 10.3 Å². The summed E-state index contributed by atoms with van der Waals surface area (Å²) in [6.45, 7) is 0.521. The number of carbonyl (C=O) groups is 1. The number of para-hydroxylation sites is 1. The van der Waals surface area contributed by atoms with E-state index in [4.69, 9.17) is 11.5 Å². The number of nitrogens with one attached hydrogen (secondary N) is 1. The minimum absolute atomic E-state index is 0.0170. The Balaban J connectivity index is 2.03. The van der Waals surface area contributed by atoms with Crippen LogP contribution in [0.3, 0.4) is 0 Å². The van der Waals surface area contributed by atoms with Crippen LogP contribution in [0.25, 0.3) is 10.2 Å². The Hall–Kier alpha value is -1.99. The van der Waals surface area contributed by atoms with E-state index in [0.29, 0.717) is 18.0 Å². The van der Waals surface area contributed by atoms with E-state index >= 15 is 0 Å². The third kappa shape index (κ3) is 3.99. The minimum atomic E-state index is -0.264. The Kier molecular flexibility index (Phi) is 5.24. The molecule has 0 bridgehead atoms. The maximum Gasteiger partial charge on any atom is 0.208 e. The second-order valence-electron chi connectivity index (χ2n) is 4.64. The van der Waals surface area contributed by atoms with Gasteiger partial charge in [-0.1, -0.05) is 12.1 Å². The van der Waals surface area contributed by atoms with Crippen LogP contribution in [0.4, 0.5) is 0 Å². The van der Waals surface area contributed by atoms with Gasteiger partial charge in [-0.2, -0.15) is 0 Å². The standard InChI is InChI=1S/C14H19N5OS/c1-17-10(6-4-8-18-14(15)16)12(20)13-19-9-5-2-3-7-11(9)21-13/h2-3,5,7,10,17H,4,6,8H2,1H3,(H4,15,16,18). The summed E-state index contributed by atoms with van der Waals surface area (Å²) in [7, 11) is 1.77. The normalized spacial score (nSPS) is 12.2. The molecule has 0 saturated carbocycles. The summed E-state index contributed by atoms with van der Waals surface area (Å²) in [5.74, 6) is 0.0944. The number of likely N-dealkylation sites (N-methyl/N-ethyl adjacent to an activating group) is 1. The van der Waals surface area contributed by atoms with Crippen LogP contribution in [-0.2, 0) is 0 Å². The van der Waals surface area contributed by atoms with E-state index in [1.54, 1.807) is 7.05 Å². The molecular formula is C14H19N5OS. The van der Waals surface area contributed by atoms with Gasteiger partial charge in [0.25, 0.3) is 0 Å². The first-order chi connectivity index (χ1) is 10.1. The van der Waals surface area contributed by atoms with Crippen LogP contribution in [0.15, 0.2) is 29.3 Å². The van der Waals surface area contributed by atoms with Crippen LogP contribution in [-0.4, -0.2) is 36.4 Å². The SMILES string of the molecule is CNC(CCCN=C(N)N)C(=O)c1nc2ccccc2s1. The van der Waals surface area contributed by atoms with Crippen molar-refractivity contribution in [3.8, 4) is 0 Å². The summed E-state index contributed by atoms with van der Waals surface area (Å²) >= 11 is 1.42. The van der Waals surface area contributed by atoms with Crippen molar-refractivity contribution < 1.29 is 4.79 Å². The first-order valence-electron chi connectivity index (χ1n) is 6.74. The monoisotopic (exact) mass is 305 g/mol. The van der Waals surface area contributed by atoms with Gasteiger partial charge in [0.1, 0.15) is 0 Å². The third-order valence-corrected chi connectivity index (χ3v) is 4.17. The lowest BCUT2D eigenvalue weighted by Gasteiger charge is -2.12. The number of benzene rings is 1. The summed E-state index contributed by atoms with van der Waals surface area (Å²) in [5, 5.41) is 3.58. The van der Waals surface area contributed by atoms with Gasteiger partial charge in [0.15, 0.2) is 11.0 Å². The fraction of sp³-hybridized carbons (Fsp3) is 0.357. The second-order valence-corrected chi connectivity index (χ2v) is 5.67. The molecule has 0 spiro atoms. The van der Waals surface area contributed by atoms with E-state index in [0.717, 1.165) is 16.6 Å². The molecule has 2 aromatic rings. The first kappa shape index (κ1) is 15.4. The number of guanidine groups is 1. The smallest absolute Gasteiger partial charge is 0.208 e. The molecule has 1 aromatic carbocycles. The zero-order valence-electron chi connectivity index (χ0n) is 11.9. The summed E-state index contributed by atoms with van der Waals surface area (Å²) in [6.07, 6.45) is 1.40. The molecular weight excluding hydrogens is 286 g/mol. The molecule has 112 valence electrons. The maximum absolute atomic E-state index is 12.5. The number of hydrogen-bond donors (Lipinski definition) is 3. The number of nitrogens with two attached hydrogens (primary N) is 2. The first-order valence-corrected chi connectivity index (χ1v) is 7.56. The lowest BCUT2D eigenvalue weighted by molar-refractivity contribution is 0.0941. The number of hydrogen-bond acceptors (Lipinski definition) is 5. The van der Waals surface area contributed by atoms with Gasteiger partial charge in [-0.3, -0.25) is 9.79 Å². The van der Waals surface area contributed by atoms with Crippen LogP contribution < -0.4 is 16.8 Å². The number of carbonyl (C=O) groups excluding carboxylic acids is 1. The lowest BCUT2D eigenvalue weighted by atomic mass is 10.1. The Morgan fingerprint density at radius 1 is 1.43 bits per heavy atom. The second kappa shape index (κ2) is 7.14. The van der Waals surface area contributed by atoms with Crippen molar-refractivity contribution in [1.29, 1.82) is 0 Å². The summed E-state index contributed by atoms with van der Waals surface area (Å²) in [5.41, 5.74) is 11.4. The highest BCUT2D eigenvalue weighted by Crippen LogP contribution is 2.23. The van der Waals surface area contributed by atoms with Gasteiger partial charge in [-0.25, -0.2) is 4.98 Å². The van der Waals surface area contributed by atoms with E-state index < -0.39 is 0 Å². The Bertz CT molecular complexity index is 615. The molecule has 21 heavy (non-hydrogen) atoms. The highest BCUT2D eigenvalue weighted by Gasteiger charge is 2.21. The summed E-state index contributed by atoms with van der Waals surface area (Å²) < 4.78 is 1.02. The average Bonchev–Trinajstić information content (AvgIpc) is 2.90. The fourth-order valence-electron chi connectivity index (χ4n) is 2.04. The zero-order chi connectivity index (χ0) is 15.2. The Morgan fingerprint density at radius 2 is 2.19 bits per heavy atom. The fourth-order valence-corrected chi connectivity index (χ4v) is 3.00. The van der Waals surface area contributed by atoms with Crippen LogP contribution in [0.2, 0.25) is 0 Å². The molecule has 0 amide bonds. The van der Waals surface area contributed by atoms with E-state index in [9.17, 15) is 4.79 Å². The van der Waals surface area contributed by atoms with Gasteiger partial charge in [-0.05, 0) is 32.0 Å². The van der Waals surface area contributed by atoms with Crippen molar-refractivity contribution in [3.63, 3.8) is 0 Å². The molecule has 1 heterocycles. The average molecular weight is 305 g/mol. The Morgan fingerprint density at radius 3 is 2.86 bits per heavy atom. The molecule has 2 rings (SSSR count). The lowest BCUT2D eigenvalue weighted by Crippen LogP contribution is -2.34. The minimum Gasteiger partial charge on any atom is -0.370 e. The van der Waals surface area contributed by atoms with Gasteiger partial charge in [0.05, 0.1) is 16.3 Å². The third-order valence-electron chi connectivity index (χ3n) is 3.11. The van der Waals surface area contributed by atoms with Crippen LogP contribution in [0.1, 0.15) is 22.6 Å². The molecule has 0 aliphatic carbocycles. The molecule has 5 N–H and O–H groups in total. The molecule has 1 atom stereocenters. The van der Waals surface area contributed by atoms with Crippen molar-refractivity contribution in [2.45, 2.75) is 18.9 Å². The van der Waals surface area contributed by atoms with Gasteiger partial charge in [-0.15, -0.1) is 11.3 Å². The van der Waals surface area contributed by atoms with Crippen molar-refractivity contribution in [2.75, 3.05) is 13.6 Å². The number of Topliss-reactive ketones (excluding diaryl/α,β-unsaturated/α-hetero) is 1. The number of aliphatic imine (C=N–C) groups is 1. The van der Waals surface area contributed by atoms with E-state index in [-0.39, 0.29) is 17.8 Å². The highest BCUT2D eigenvalue weighted by molar-refractivity contribution is 7.20. The predicted molar refractivity (Wildman–Crippen MR) is 86.7 cm³/mol. The van der Waals surface area contributed by atoms with E-state index in [2.05, 4.69) is 15.3 Å². The van der Waals surface area contributed by atoms with Crippen molar-refractivity contribution in [3.05, 3.63) is 29.3 Å². The Labute approximate surface area is 127 Å². The van der Waals surface area contributed by atoms with Crippen LogP contribution in [0.5, 0.6) is 0 Å². The van der Waals surface area contributed by atoms with Crippen LogP contribution >= 0.6 is 11.3 Å². The molecule has 1 aromatic heterocycles. The molecule has 0 saturated heterocycles. The molecule has 0 fully saturated rings. The zero-order valence-corrected chi connectivity index (χ0v) is 12.7. The number of aromatic nitrogens is 1. The van der Waals surface area contributed by atoms with E-state index in [1.165, 1.54) is 11.3 Å². The van der Waals surface area contributed by atoms with Gasteiger partial charge < -0.3 is 16.8 Å². The molecule has 1 unspecified atom stereocenters. The highest BCUT2D eigenvalue weighted by atomic mass is 32.1. The van der Waals surface area contributed by atoms with E-state index in [1.807, 2.05) is 24.3 Å². The van der Waals surface area contributed by atoms with Gasteiger partial charge >= 0.3 is 0 Å². The summed E-state index contributed by atoms with van der Waals surface area (Å²) in [4.78, 5) is 20.8. The molecule has 7 heteroatoms. The number of nitrogens with zero attached hydrogens (tertiary/aromatic N) is 2. The topological polar surface area (TPSA) is 106 Å². The molecule has 6 nitrogen and oxygen atoms in total. The summed E-state index contributed by atoms with van der Waals surface area (Å²) in [6, 6.07) is 7.48. The van der Waals surface area contributed by atoms with Crippen molar-refractivity contribution in [2.24, 2.45) is 16.5 Å². The van der Waals surface area contributed by atoms with Crippen molar-refractivity contribution >= 4 is 33.3 Å². The number of rotatable bonds is 7. The number of fused-ring (bicyclic) bond motifs is 1. The van der Waals surface area contributed by atoms with Crippen LogP contribution in [0, 0.1) is 0 Å². The molecule has 0 radical (unpaired) electrons. The van der Waals surface area contributed by atoms with Gasteiger partial charge in [0.2, 0.25) is 5.78 Å². The maximum atomic E-state index is 12.5. The largest absolute Gasteiger partial charge is 0.370 e. The molecule has 0 aliphatic rings. The number of ketones is 1. The predicted octanol–water partition coefficient (Wildman–Crippen LogP) is 1.12. The van der Waals surface area contributed by atoms with Gasteiger partial charge in [0, 0.05) is 6.54 Å². The number of thiazole rings is 1. The quantitative estimate of drug-likeness (QED) is 0.307.